The third-order valence-corrected chi connectivity index (χ3v) is 12.0. The van der Waals surface area contributed by atoms with E-state index in [9.17, 15) is 19.2 Å². The van der Waals surface area contributed by atoms with Gasteiger partial charge in [0.15, 0.2) is 0 Å². The van der Waals surface area contributed by atoms with Crippen molar-refractivity contribution in [3.8, 4) is 34.5 Å². The largest absolute Gasteiger partial charge is 0.494 e. The molecule has 0 spiro atoms. The minimum Gasteiger partial charge on any atom is -0.494 e. The van der Waals surface area contributed by atoms with Crippen LogP contribution in [0.1, 0.15) is 158 Å². The SMILES string of the molecule is CCCCCCCCCCOc1ccc(C(=O)Oc2ccc(C(=O)Oc3ccc4ccc(OC(=O)c5ccc(OC(=O)c6ccc(OCCCCCCCCCC)cc6)cc5)c(Cl)c4c3)cc2)cc1. The van der Waals surface area contributed by atoms with Gasteiger partial charge in [-0.05, 0) is 133 Å². The number of benzene rings is 6. The Morgan fingerprint density at radius 3 is 1.09 bits per heavy atom. The van der Waals surface area contributed by atoms with Gasteiger partial charge in [-0.1, -0.05) is 127 Å². The predicted molar refractivity (Wildman–Crippen MR) is 271 cm³/mol. The number of halogens is 1. The molecule has 0 heterocycles. The van der Waals surface area contributed by atoms with E-state index in [1.54, 1.807) is 78.9 Å². The van der Waals surface area contributed by atoms with Crippen molar-refractivity contribution in [3.63, 3.8) is 0 Å². The van der Waals surface area contributed by atoms with Crippen molar-refractivity contribution in [3.05, 3.63) is 155 Å². The average molecular weight is 956 g/mol. The summed E-state index contributed by atoms with van der Waals surface area (Å²) in [4.78, 5) is 52.0. The maximum Gasteiger partial charge on any atom is 0.343 e. The molecule has 0 saturated heterocycles. The normalized spacial score (nSPS) is 10.9. The lowest BCUT2D eigenvalue weighted by atomic mass is 10.1. The summed E-state index contributed by atoms with van der Waals surface area (Å²) in [5.41, 5.74) is 1.17. The lowest BCUT2D eigenvalue weighted by Gasteiger charge is -2.11. The number of ether oxygens (including phenoxy) is 6. The quantitative estimate of drug-likeness (QED) is 0.0267. The molecule has 11 heteroatoms. The van der Waals surface area contributed by atoms with Crippen molar-refractivity contribution in [2.45, 2.75) is 117 Å². The van der Waals surface area contributed by atoms with Gasteiger partial charge in [-0.2, -0.15) is 0 Å². The molecule has 6 aromatic carbocycles. The second-order valence-corrected chi connectivity index (χ2v) is 17.4. The van der Waals surface area contributed by atoms with Crippen LogP contribution in [0.5, 0.6) is 34.5 Å². The summed E-state index contributed by atoms with van der Waals surface area (Å²) in [5, 5.41) is 1.35. The molecule has 0 unspecified atom stereocenters. The molecule has 6 rings (SSSR count). The van der Waals surface area contributed by atoms with Crippen LogP contribution in [-0.4, -0.2) is 37.1 Å². The number of esters is 4. The molecule has 0 atom stereocenters. The van der Waals surface area contributed by atoms with E-state index in [2.05, 4.69) is 13.8 Å². The molecule has 0 radical (unpaired) electrons. The van der Waals surface area contributed by atoms with Crippen molar-refractivity contribution in [2.24, 2.45) is 0 Å². The molecular weight excluding hydrogens is 892 g/mol. The summed E-state index contributed by atoms with van der Waals surface area (Å²) in [6, 6.07) is 33.9. The molecule has 0 aliphatic heterocycles. The van der Waals surface area contributed by atoms with Gasteiger partial charge in [-0.25, -0.2) is 19.2 Å². The molecule has 0 fully saturated rings. The molecule has 0 bridgehead atoms. The topological polar surface area (TPSA) is 124 Å². The number of hydrogen-bond donors (Lipinski definition) is 0. The number of unbranched alkanes of at least 4 members (excludes halogenated alkanes) is 14. The molecule has 69 heavy (non-hydrogen) atoms. The Hall–Kier alpha value is -6.65. The van der Waals surface area contributed by atoms with Gasteiger partial charge in [-0.3, -0.25) is 0 Å². The van der Waals surface area contributed by atoms with E-state index in [-0.39, 0.29) is 39.1 Å². The van der Waals surface area contributed by atoms with Crippen LogP contribution < -0.4 is 28.4 Å². The maximum atomic E-state index is 13.2. The lowest BCUT2D eigenvalue weighted by Crippen LogP contribution is -2.11. The van der Waals surface area contributed by atoms with Gasteiger partial charge in [0.2, 0.25) is 0 Å². The van der Waals surface area contributed by atoms with Gasteiger partial charge in [-0.15, -0.1) is 0 Å². The molecule has 362 valence electrons. The highest BCUT2D eigenvalue weighted by Crippen LogP contribution is 2.36. The smallest absolute Gasteiger partial charge is 0.343 e. The van der Waals surface area contributed by atoms with E-state index in [0.717, 1.165) is 31.1 Å². The molecule has 0 aliphatic carbocycles. The second-order valence-electron chi connectivity index (χ2n) is 17.1. The highest BCUT2D eigenvalue weighted by Gasteiger charge is 2.17. The summed E-state index contributed by atoms with van der Waals surface area (Å²) in [6.45, 7) is 5.72. The van der Waals surface area contributed by atoms with Crippen LogP contribution >= 0.6 is 11.6 Å². The fourth-order valence-electron chi connectivity index (χ4n) is 7.59. The van der Waals surface area contributed by atoms with E-state index in [4.69, 9.17) is 40.0 Å². The zero-order valence-corrected chi connectivity index (χ0v) is 40.6. The Morgan fingerprint density at radius 2 is 0.681 bits per heavy atom. The first-order valence-electron chi connectivity index (χ1n) is 24.5. The predicted octanol–water partition coefficient (Wildman–Crippen LogP) is 15.4. The third-order valence-electron chi connectivity index (χ3n) is 11.6. The van der Waals surface area contributed by atoms with Crippen LogP contribution in [0.2, 0.25) is 5.02 Å². The number of rotatable bonds is 28. The minimum atomic E-state index is -0.680. The van der Waals surface area contributed by atoms with Gasteiger partial charge in [0.25, 0.3) is 0 Å². The zero-order chi connectivity index (χ0) is 48.6. The fraction of sp³-hybridized carbons (Fsp3) is 0.345. The van der Waals surface area contributed by atoms with Crippen molar-refractivity contribution < 1.29 is 47.6 Å². The van der Waals surface area contributed by atoms with Gasteiger partial charge in [0.05, 0.1) is 40.5 Å². The van der Waals surface area contributed by atoms with Crippen LogP contribution in [0.25, 0.3) is 10.8 Å². The highest BCUT2D eigenvalue weighted by atomic mass is 35.5. The Bertz CT molecular complexity index is 2550. The first-order valence-corrected chi connectivity index (χ1v) is 24.9. The second kappa shape index (κ2) is 28.0. The van der Waals surface area contributed by atoms with E-state index < -0.39 is 23.9 Å². The van der Waals surface area contributed by atoms with Gasteiger partial charge in [0, 0.05) is 5.39 Å². The van der Waals surface area contributed by atoms with Crippen molar-refractivity contribution in [2.75, 3.05) is 13.2 Å². The summed E-state index contributed by atoms with van der Waals surface area (Å²) >= 11 is 6.74. The Labute approximate surface area is 411 Å². The Balaban J connectivity index is 0.935. The first-order chi connectivity index (χ1) is 33.7. The van der Waals surface area contributed by atoms with Gasteiger partial charge < -0.3 is 28.4 Å². The molecule has 0 aromatic heterocycles. The Morgan fingerprint density at radius 1 is 0.362 bits per heavy atom. The summed E-state index contributed by atoms with van der Waals surface area (Å²) in [6.07, 6.45) is 19.6. The fourth-order valence-corrected chi connectivity index (χ4v) is 7.85. The van der Waals surface area contributed by atoms with Crippen LogP contribution in [0.15, 0.2) is 127 Å². The van der Waals surface area contributed by atoms with Crippen LogP contribution in [0, 0.1) is 0 Å². The molecule has 0 amide bonds. The van der Waals surface area contributed by atoms with Crippen LogP contribution in [-0.2, 0) is 0 Å². The first kappa shape index (κ1) is 51.7. The average Bonchev–Trinajstić information content (AvgIpc) is 3.37. The summed E-state index contributed by atoms with van der Waals surface area (Å²) in [7, 11) is 0. The van der Waals surface area contributed by atoms with Crippen LogP contribution in [0.3, 0.4) is 0 Å². The minimum absolute atomic E-state index is 0.0990. The number of fused-ring (bicyclic) bond motifs is 1. The Kier molecular flexibility index (Phi) is 21.0. The van der Waals surface area contributed by atoms with E-state index in [1.165, 1.54) is 126 Å². The summed E-state index contributed by atoms with van der Waals surface area (Å²) in [5.74, 6) is -0.190. The van der Waals surface area contributed by atoms with Gasteiger partial charge in [0.1, 0.15) is 34.5 Å². The van der Waals surface area contributed by atoms with Crippen molar-refractivity contribution in [1.82, 2.24) is 0 Å². The van der Waals surface area contributed by atoms with E-state index >= 15 is 0 Å². The molecule has 10 nitrogen and oxygen atoms in total. The molecule has 0 aliphatic rings. The van der Waals surface area contributed by atoms with Crippen molar-refractivity contribution in [1.29, 1.82) is 0 Å². The van der Waals surface area contributed by atoms with Crippen LogP contribution in [0.4, 0.5) is 0 Å². The van der Waals surface area contributed by atoms with Crippen molar-refractivity contribution >= 4 is 46.3 Å². The lowest BCUT2D eigenvalue weighted by molar-refractivity contribution is 0.0720. The number of carbonyl (C=O) groups is 4. The van der Waals surface area contributed by atoms with E-state index in [1.807, 2.05) is 0 Å². The monoisotopic (exact) mass is 954 g/mol. The molecular formula is C58H63ClO10. The third kappa shape index (κ3) is 16.8. The molecule has 6 aromatic rings. The highest BCUT2D eigenvalue weighted by molar-refractivity contribution is 6.37. The van der Waals surface area contributed by atoms with Gasteiger partial charge >= 0.3 is 23.9 Å². The zero-order valence-electron chi connectivity index (χ0n) is 39.8. The molecule has 0 saturated carbocycles. The summed E-state index contributed by atoms with van der Waals surface area (Å²) < 4.78 is 34.1. The van der Waals surface area contributed by atoms with E-state index in [0.29, 0.717) is 41.2 Å². The molecule has 0 N–H and O–H groups in total. The maximum absolute atomic E-state index is 13.2. The number of carbonyl (C=O) groups excluding carboxylic acids is 4. The standard InChI is InChI=1S/C58H63ClO10/c1-3-5-7-9-11-13-15-17-39-64-47-29-20-43(21-30-47)55(60)66-49-33-24-45(25-34-49)57(62)68-51-37-19-42-28-38-53(54(59)52(42)41-51)69-58(63)46-26-35-50(36-27-46)67-56(61)44-22-31-48(32-23-44)65-40-18-16-14-12-10-8-6-4-2/h19-38,41H,3-18,39-40H2,1-2H3. The number of hydrogen-bond acceptors (Lipinski definition) is 10.